The monoisotopic (exact) mass is 562 g/mol. The lowest BCUT2D eigenvalue weighted by molar-refractivity contribution is -0.138. The SMILES string of the molecule is CCc1ccccc1-c1nc(NS(=O)(=O)c2cccc(N3CCCC(CCC(=O)O)C3)n2)ccc1C(F)(F)F. The number of nitrogens with one attached hydrogen (secondary N) is 1. The van der Waals surface area contributed by atoms with E-state index in [0.717, 1.165) is 25.0 Å². The summed E-state index contributed by atoms with van der Waals surface area (Å²) >= 11 is 0. The first-order valence-electron chi connectivity index (χ1n) is 12.6. The van der Waals surface area contributed by atoms with Crippen LogP contribution in [0.25, 0.3) is 11.3 Å². The van der Waals surface area contributed by atoms with E-state index in [0.29, 0.717) is 37.3 Å². The van der Waals surface area contributed by atoms with E-state index >= 15 is 0 Å². The van der Waals surface area contributed by atoms with E-state index in [1.165, 1.54) is 12.1 Å². The van der Waals surface area contributed by atoms with E-state index in [1.54, 1.807) is 30.3 Å². The van der Waals surface area contributed by atoms with Crippen LogP contribution < -0.4 is 9.62 Å². The highest BCUT2D eigenvalue weighted by atomic mass is 32.2. The summed E-state index contributed by atoms with van der Waals surface area (Å²) in [4.78, 5) is 21.3. The number of anilines is 2. The number of hydrogen-bond acceptors (Lipinski definition) is 6. The fourth-order valence-electron chi connectivity index (χ4n) is 4.77. The van der Waals surface area contributed by atoms with Crippen molar-refractivity contribution in [3.8, 4) is 11.3 Å². The second-order valence-electron chi connectivity index (χ2n) is 9.43. The number of carboxylic acids is 1. The summed E-state index contributed by atoms with van der Waals surface area (Å²) < 4.78 is 70.2. The first-order chi connectivity index (χ1) is 18.5. The van der Waals surface area contributed by atoms with Gasteiger partial charge in [-0.25, -0.2) is 9.97 Å². The number of rotatable bonds is 9. The lowest BCUT2D eigenvalue weighted by atomic mass is 9.93. The Balaban J connectivity index is 1.61. The van der Waals surface area contributed by atoms with Crippen molar-refractivity contribution in [2.24, 2.45) is 5.92 Å². The van der Waals surface area contributed by atoms with Gasteiger partial charge in [-0.1, -0.05) is 37.3 Å². The Labute approximate surface area is 225 Å². The molecule has 0 spiro atoms. The number of benzene rings is 1. The third-order valence-electron chi connectivity index (χ3n) is 6.69. The number of piperidine rings is 1. The molecular formula is C27H29F3N4O4S. The summed E-state index contributed by atoms with van der Waals surface area (Å²) in [6.07, 6.45) is -1.93. The topological polar surface area (TPSA) is 112 Å². The molecule has 2 aromatic heterocycles. The van der Waals surface area contributed by atoms with Gasteiger partial charge >= 0.3 is 12.1 Å². The maximum Gasteiger partial charge on any atom is 0.418 e. The number of sulfonamides is 1. The van der Waals surface area contributed by atoms with Gasteiger partial charge in [-0.05, 0) is 61.4 Å². The maximum atomic E-state index is 13.8. The minimum Gasteiger partial charge on any atom is -0.481 e. The Morgan fingerprint density at radius 3 is 2.59 bits per heavy atom. The van der Waals surface area contributed by atoms with Crippen LogP contribution in [0.2, 0.25) is 0 Å². The number of pyridine rings is 2. The molecule has 12 heteroatoms. The first-order valence-corrected chi connectivity index (χ1v) is 14.1. The number of nitrogens with zero attached hydrogens (tertiary/aromatic N) is 3. The molecule has 0 radical (unpaired) electrons. The van der Waals surface area contributed by atoms with Crippen molar-refractivity contribution in [2.45, 2.75) is 50.2 Å². The molecule has 1 aliphatic rings. The van der Waals surface area contributed by atoms with Crippen molar-refractivity contribution in [1.82, 2.24) is 9.97 Å². The lowest BCUT2D eigenvalue weighted by Crippen LogP contribution is -2.36. The van der Waals surface area contributed by atoms with Crippen LogP contribution >= 0.6 is 0 Å². The van der Waals surface area contributed by atoms with Crippen LogP contribution in [-0.2, 0) is 27.4 Å². The van der Waals surface area contributed by atoms with E-state index in [4.69, 9.17) is 5.11 Å². The van der Waals surface area contributed by atoms with Gasteiger partial charge in [0.15, 0.2) is 5.03 Å². The Morgan fingerprint density at radius 2 is 1.87 bits per heavy atom. The van der Waals surface area contributed by atoms with Crippen molar-refractivity contribution in [1.29, 1.82) is 0 Å². The first kappa shape index (κ1) is 28.3. The molecular weight excluding hydrogens is 533 g/mol. The van der Waals surface area contributed by atoms with Crippen LogP contribution in [0.5, 0.6) is 0 Å². The number of aliphatic carboxylic acids is 1. The molecule has 2 N–H and O–H groups in total. The molecule has 1 unspecified atom stereocenters. The highest BCUT2D eigenvalue weighted by Crippen LogP contribution is 2.38. The van der Waals surface area contributed by atoms with Gasteiger partial charge in [0.05, 0.1) is 11.3 Å². The Bertz CT molecular complexity index is 1450. The van der Waals surface area contributed by atoms with Crippen LogP contribution in [0.15, 0.2) is 59.6 Å². The number of carboxylic acid groups (broad SMARTS) is 1. The maximum absolute atomic E-state index is 13.8. The van der Waals surface area contributed by atoms with Crippen molar-refractivity contribution in [2.75, 3.05) is 22.7 Å². The molecule has 1 aromatic carbocycles. The Morgan fingerprint density at radius 1 is 1.10 bits per heavy atom. The molecule has 3 aromatic rings. The van der Waals surface area contributed by atoms with Gasteiger partial charge in [0.2, 0.25) is 0 Å². The molecule has 8 nitrogen and oxygen atoms in total. The van der Waals surface area contributed by atoms with E-state index in [9.17, 15) is 26.4 Å². The summed E-state index contributed by atoms with van der Waals surface area (Å²) in [7, 11) is -4.28. The predicted molar refractivity (Wildman–Crippen MR) is 141 cm³/mol. The molecule has 0 saturated carbocycles. The van der Waals surface area contributed by atoms with Crippen LogP contribution in [0, 0.1) is 5.92 Å². The largest absolute Gasteiger partial charge is 0.481 e. The van der Waals surface area contributed by atoms with Crippen LogP contribution in [0.1, 0.15) is 43.7 Å². The second kappa shape index (κ2) is 11.6. The molecule has 0 amide bonds. The summed E-state index contributed by atoms with van der Waals surface area (Å²) in [5.41, 5.74) is -0.402. The number of carbonyl (C=O) groups is 1. The zero-order valence-electron chi connectivity index (χ0n) is 21.3. The fraction of sp³-hybridized carbons (Fsp3) is 0.370. The second-order valence-corrected chi connectivity index (χ2v) is 11.1. The number of alkyl halides is 3. The fourth-order valence-corrected chi connectivity index (χ4v) is 5.73. The molecule has 1 fully saturated rings. The molecule has 4 rings (SSSR count). The van der Waals surface area contributed by atoms with E-state index in [2.05, 4.69) is 14.7 Å². The van der Waals surface area contributed by atoms with Crippen molar-refractivity contribution in [3.63, 3.8) is 0 Å². The molecule has 1 aliphatic heterocycles. The van der Waals surface area contributed by atoms with Gasteiger partial charge < -0.3 is 10.0 Å². The highest BCUT2D eigenvalue weighted by Gasteiger charge is 2.35. The summed E-state index contributed by atoms with van der Waals surface area (Å²) in [6.45, 7) is 3.01. The van der Waals surface area contributed by atoms with Crippen LogP contribution in [0.4, 0.5) is 24.8 Å². The third kappa shape index (κ3) is 6.86. The summed E-state index contributed by atoms with van der Waals surface area (Å²) in [6, 6.07) is 12.9. The minimum absolute atomic E-state index is 0.0646. The molecule has 0 bridgehead atoms. The van der Waals surface area contributed by atoms with Gasteiger partial charge in [-0.15, -0.1) is 0 Å². The van der Waals surface area contributed by atoms with Crippen molar-refractivity contribution >= 4 is 27.6 Å². The van der Waals surface area contributed by atoms with Gasteiger partial charge in [0, 0.05) is 25.1 Å². The third-order valence-corrected chi connectivity index (χ3v) is 7.94. The highest BCUT2D eigenvalue weighted by molar-refractivity contribution is 7.92. The van der Waals surface area contributed by atoms with Gasteiger partial charge in [0.25, 0.3) is 10.0 Å². The molecule has 1 saturated heterocycles. The Kier molecular flexibility index (Phi) is 8.43. The lowest BCUT2D eigenvalue weighted by Gasteiger charge is -2.33. The summed E-state index contributed by atoms with van der Waals surface area (Å²) in [5.74, 6) is -0.544. The number of aryl methyl sites for hydroxylation is 1. The average molecular weight is 563 g/mol. The predicted octanol–water partition coefficient (Wildman–Crippen LogP) is 5.61. The normalized spacial score (nSPS) is 16.2. The number of aromatic nitrogens is 2. The van der Waals surface area contributed by atoms with Crippen LogP contribution in [-0.4, -0.2) is 42.6 Å². The number of hydrogen-bond donors (Lipinski definition) is 2. The zero-order chi connectivity index (χ0) is 28.2. The average Bonchev–Trinajstić information content (AvgIpc) is 2.91. The van der Waals surface area contributed by atoms with E-state index in [1.807, 2.05) is 11.8 Å². The minimum atomic E-state index is -4.69. The number of halogens is 3. The molecule has 208 valence electrons. The molecule has 3 heterocycles. The van der Waals surface area contributed by atoms with E-state index in [-0.39, 0.29) is 34.4 Å². The standard InChI is InChI=1S/C27H29F3N4O4S/c1-2-19-8-3-4-9-20(19)26-21(27(28,29)30)13-14-22(31-26)33-39(37,38)24-11-5-10-23(32-24)34-16-6-7-18(17-34)12-15-25(35)36/h3-5,8-11,13-14,18H,2,6-7,12,15-17H2,1H3,(H,31,33)(H,35,36). The van der Waals surface area contributed by atoms with Gasteiger partial charge in [-0.2, -0.15) is 21.6 Å². The summed E-state index contributed by atoms with van der Waals surface area (Å²) in [5, 5.41) is 8.68. The quantitative estimate of drug-likeness (QED) is 0.349. The van der Waals surface area contributed by atoms with Gasteiger partial charge in [-0.3, -0.25) is 9.52 Å². The van der Waals surface area contributed by atoms with Gasteiger partial charge in [0.1, 0.15) is 11.6 Å². The molecule has 39 heavy (non-hydrogen) atoms. The Hall–Kier alpha value is -3.67. The van der Waals surface area contributed by atoms with E-state index < -0.39 is 27.7 Å². The zero-order valence-corrected chi connectivity index (χ0v) is 22.1. The smallest absolute Gasteiger partial charge is 0.418 e. The van der Waals surface area contributed by atoms with Crippen LogP contribution in [0.3, 0.4) is 0 Å². The molecule has 1 atom stereocenters. The van der Waals surface area contributed by atoms with Crippen molar-refractivity contribution in [3.05, 3.63) is 65.7 Å². The van der Waals surface area contributed by atoms with Crippen molar-refractivity contribution < 1.29 is 31.5 Å². The molecule has 0 aliphatic carbocycles.